The van der Waals surface area contributed by atoms with Gasteiger partial charge in [-0.25, -0.2) is 0 Å². The minimum atomic E-state index is -0.171. The molecule has 0 aromatic carbocycles. The molecule has 19 heavy (non-hydrogen) atoms. The van der Waals surface area contributed by atoms with Crippen molar-refractivity contribution < 1.29 is 5.11 Å². The zero-order chi connectivity index (χ0) is 14.0. The van der Waals surface area contributed by atoms with Crippen molar-refractivity contribution in [2.45, 2.75) is 77.9 Å². The monoisotopic (exact) mass is 267 g/mol. The van der Waals surface area contributed by atoms with E-state index in [4.69, 9.17) is 0 Å². The SMILES string of the molecule is CC1CC(C)CC(C(O)C(C)(C)N2CCCCC2)C1. The van der Waals surface area contributed by atoms with Crippen molar-refractivity contribution in [1.82, 2.24) is 4.90 Å². The van der Waals surface area contributed by atoms with Crippen molar-refractivity contribution in [3.63, 3.8) is 0 Å². The van der Waals surface area contributed by atoms with Gasteiger partial charge in [-0.2, -0.15) is 0 Å². The molecular formula is C17H33NO. The van der Waals surface area contributed by atoms with E-state index in [2.05, 4.69) is 32.6 Å². The van der Waals surface area contributed by atoms with E-state index in [1.54, 1.807) is 0 Å². The molecule has 0 aromatic heterocycles. The lowest BCUT2D eigenvalue weighted by atomic mass is 9.70. The Morgan fingerprint density at radius 1 is 0.947 bits per heavy atom. The summed E-state index contributed by atoms with van der Waals surface area (Å²) in [5, 5.41) is 10.9. The maximum atomic E-state index is 10.9. The van der Waals surface area contributed by atoms with E-state index in [0.29, 0.717) is 5.92 Å². The molecule has 0 amide bonds. The molecule has 2 fully saturated rings. The lowest BCUT2D eigenvalue weighted by Crippen LogP contribution is -2.57. The molecule has 0 radical (unpaired) electrons. The van der Waals surface area contributed by atoms with Crippen molar-refractivity contribution in [3.05, 3.63) is 0 Å². The Kier molecular flexibility index (Phi) is 4.94. The summed E-state index contributed by atoms with van der Waals surface area (Å²) in [5.41, 5.74) is -0.0537. The predicted octanol–water partition coefficient (Wildman–Crippen LogP) is 3.68. The molecule has 0 aromatic rings. The van der Waals surface area contributed by atoms with Crippen LogP contribution < -0.4 is 0 Å². The maximum absolute atomic E-state index is 10.9. The molecule has 1 heterocycles. The molecule has 1 saturated heterocycles. The van der Waals surface area contributed by atoms with Crippen LogP contribution in [0.5, 0.6) is 0 Å². The van der Waals surface area contributed by atoms with Gasteiger partial charge in [-0.05, 0) is 76.8 Å². The summed E-state index contributed by atoms with van der Waals surface area (Å²) in [6.45, 7) is 11.6. The first kappa shape index (κ1) is 15.3. The number of nitrogens with zero attached hydrogens (tertiary/aromatic N) is 1. The zero-order valence-electron chi connectivity index (χ0n) is 13.4. The minimum Gasteiger partial charge on any atom is -0.391 e. The van der Waals surface area contributed by atoms with Crippen LogP contribution in [0.4, 0.5) is 0 Å². The molecule has 112 valence electrons. The Bertz CT molecular complexity index is 273. The van der Waals surface area contributed by atoms with E-state index < -0.39 is 0 Å². The molecule has 0 bridgehead atoms. The molecule has 2 aliphatic rings. The second kappa shape index (κ2) is 6.13. The summed E-state index contributed by atoms with van der Waals surface area (Å²) < 4.78 is 0. The van der Waals surface area contributed by atoms with E-state index >= 15 is 0 Å². The Balaban J connectivity index is 2.01. The average molecular weight is 267 g/mol. The van der Waals surface area contributed by atoms with Crippen LogP contribution in [0.3, 0.4) is 0 Å². The van der Waals surface area contributed by atoms with Crippen molar-refractivity contribution in [1.29, 1.82) is 0 Å². The van der Waals surface area contributed by atoms with Crippen molar-refractivity contribution in [2.75, 3.05) is 13.1 Å². The van der Waals surface area contributed by atoms with Gasteiger partial charge in [0.15, 0.2) is 0 Å². The number of rotatable bonds is 3. The van der Waals surface area contributed by atoms with E-state index in [0.717, 1.165) is 11.8 Å². The Hall–Kier alpha value is -0.0800. The standard InChI is InChI=1S/C17H33NO/c1-13-10-14(2)12-15(11-13)16(19)17(3,4)18-8-6-5-7-9-18/h13-16,19H,5-12H2,1-4H3. The topological polar surface area (TPSA) is 23.5 Å². The van der Waals surface area contributed by atoms with E-state index in [1.807, 2.05) is 0 Å². The highest BCUT2D eigenvalue weighted by atomic mass is 16.3. The summed E-state index contributed by atoms with van der Waals surface area (Å²) in [5.74, 6) is 2.05. The number of hydrogen-bond donors (Lipinski definition) is 1. The first-order valence-corrected chi connectivity index (χ1v) is 8.34. The van der Waals surface area contributed by atoms with Crippen molar-refractivity contribution in [2.24, 2.45) is 17.8 Å². The largest absolute Gasteiger partial charge is 0.391 e. The van der Waals surface area contributed by atoms with Gasteiger partial charge in [0.25, 0.3) is 0 Å². The molecular weight excluding hydrogens is 234 g/mol. The van der Waals surface area contributed by atoms with Gasteiger partial charge >= 0.3 is 0 Å². The lowest BCUT2D eigenvalue weighted by Gasteiger charge is -2.48. The maximum Gasteiger partial charge on any atom is 0.0746 e. The van der Waals surface area contributed by atoms with Crippen LogP contribution >= 0.6 is 0 Å². The third-order valence-electron chi connectivity index (χ3n) is 5.56. The minimum absolute atomic E-state index is 0.0537. The molecule has 2 nitrogen and oxygen atoms in total. The van der Waals surface area contributed by atoms with Gasteiger partial charge in [0, 0.05) is 5.54 Å². The molecule has 3 unspecified atom stereocenters. The van der Waals surface area contributed by atoms with Gasteiger partial charge in [0.05, 0.1) is 6.10 Å². The first-order chi connectivity index (χ1) is 8.91. The second-order valence-electron chi connectivity index (χ2n) is 7.82. The molecule has 3 atom stereocenters. The highest BCUT2D eigenvalue weighted by Crippen LogP contribution is 2.39. The molecule has 1 aliphatic carbocycles. The molecule has 1 aliphatic heterocycles. The van der Waals surface area contributed by atoms with Gasteiger partial charge in [0.2, 0.25) is 0 Å². The Morgan fingerprint density at radius 2 is 1.47 bits per heavy atom. The molecule has 2 heteroatoms. The van der Waals surface area contributed by atoms with Crippen LogP contribution in [0.15, 0.2) is 0 Å². The van der Waals surface area contributed by atoms with Crippen LogP contribution in [0.1, 0.15) is 66.2 Å². The highest BCUT2D eigenvalue weighted by Gasteiger charge is 2.41. The van der Waals surface area contributed by atoms with Gasteiger partial charge in [-0.15, -0.1) is 0 Å². The zero-order valence-corrected chi connectivity index (χ0v) is 13.4. The van der Waals surface area contributed by atoms with Gasteiger partial charge in [0.1, 0.15) is 0 Å². The van der Waals surface area contributed by atoms with Crippen LogP contribution in [0, 0.1) is 17.8 Å². The number of likely N-dealkylation sites (tertiary alicyclic amines) is 1. The highest BCUT2D eigenvalue weighted by molar-refractivity contribution is 4.95. The average Bonchev–Trinajstić information content (AvgIpc) is 2.37. The fraction of sp³-hybridized carbons (Fsp3) is 1.00. The second-order valence-corrected chi connectivity index (χ2v) is 7.82. The Labute approximate surface area is 119 Å². The summed E-state index contributed by atoms with van der Waals surface area (Å²) in [7, 11) is 0. The summed E-state index contributed by atoms with van der Waals surface area (Å²) in [4.78, 5) is 2.53. The van der Waals surface area contributed by atoms with Crippen LogP contribution in [0.25, 0.3) is 0 Å². The van der Waals surface area contributed by atoms with Crippen LogP contribution in [0.2, 0.25) is 0 Å². The summed E-state index contributed by atoms with van der Waals surface area (Å²) in [6.07, 6.45) is 7.55. The third kappa shape index (κ3) is 3.52. The van der Waals surface area contributed by atoms with E-state index in [-0.39, 0.29) is 11.6 Å². The fourth-order valence-corrected chi connectivity index (χ4v) is 4.50. The number of aliphatic hydroxyl groups is 1. The first-order valence-electron chi connectivity index (χ1n) is 8.34. The van der Waals surface area contributed by atoms with Crippen LogP contribution in [-0.2, 0) is 0 Å². The predicted molar refractivity (Wildman–Crippen MR) is 81.2 cm³/mol. The lowest BCUT2D eigenvalue weighted by molar-refractivity contribution is -0.0656. The number of aliphatic hydroxyl groups excluding tert-OH is 1. The van der Waals surface area contributed by atoms with Gasteiger partial charge in [-0.3, -0.25) is 4.90 Å². The molecule has 2 rings (SSSR count). The summed E-state index contributed by atoms with van der Waals surface area (Å²) in [6, 6.07) is 0. The Morgan fingerprint density at radius 3 is 2.00 bits per heavy atom. The molecule has 0 spiro atoms. The van der Waals surface area contributed by atoms with Gasteiger partial charge in [-0.1, -0.05) is 20.3 Å². The third-order valence-corrected chi connectivity index (χ3v) is 5.56. The van der Waals surface area contributed by atoms with E-state index in [9.17, 15) is 5.11 Å². The molecule has 1 saturated carbocycles. The van der Waals surface area contributed by atoms with Gasteiger partial charge < -0.3 is 5.11 Å². The molecule has 1 N–H and O–H groups in total. The number of hydrogen-bond acceptors (Lipinski definition) is 2. The smallest absolute Gasteiger partial charge is 0.0746 e. The quantitative estimate of drug-likeness (QED) is 0.843. The normalized spacial score (nSPS) is 36.2. The summed E-state index contributed by atoms with van der Waals surface area (Å²) >= 11 is 0. The fourth-order valence-electron chi connectivity index (χ4n) is 4.50. The van der Waals surface area contributed by atoms with Crippen LogP contribution in [-0.4, -0.2) is 34.7 Å². The van der Waals surface area contributed by atoms with Crippen molar-refractivity contribution in [3.8, 4) is 0 Å². The van der Waals surface area contributed by atoms with E-state index in [1.165, 1.54) is 51.6 Å². The van der Waals surface area contributed by atoms with Crippen molar-refractivity contribution >= 4 is 0 Å². The number of piperidine rings is 1.